The van der Waals surface area contributed by atoms with Gasteiger partial charge < -0.3 is 9.64 Å². The molecule has 1 fully saturated rings. The maximum Gasteiger partial charge on any atom is 0.412 e. The van der Waals surface area contributed by atoms with Crippen LogP contribution in [0.15, 0.2) is 60.7 Å². The second kappa shape index (κ2) is 10.3. The van der Waals surface area contributed by atoms with Crippen LogP contribution < -0.4 is 5.32 Å². The standard InChI is InChI=1S/C25H31N3O3/c1-25(2,3)31-24(30)26-22-13-11-21(12-14-22)23(29)28-18-16-27(17-19-28)15-7-10-20-8-5-4-6-9-20/h4-14H,15-19H2,1-3H3,(H,26,30). The van der Waals surface area contributed by atoms with E-state index in [0.717, 1.165) is 19.6 Å². The third-order valence-electron chi connectivity index (χ3n) is 4.91. The van der Waals surface area contributed by atoms with Gasteiger partial charge in [-0.25, -0.2) is 4.79 Å². The Balaban J connectivity index is 1.46. The van der Waals surface area contributed by atoms with Crippen molar-refractivity contribution >= 4 is 23.8 Å². The quantitative estimate of drug-likeness (QED) is 0.772. The Morgan fingerprint density at radius 3 is 2.23 bits per heavy atom. The minimum Gasteiger partial charge on any atom is -0.444 e. The first kappa shape index (κ1) is 22.6. The molecule has 31 heavy (non-hydrogen) atoms. The molecule has 0 radical (unpaired) electrons. The molecule has 2 amide bonds. The number of rotatable bonds is 5. The molecule has 1 aliphatic heterocycles. The second-order valence-electron chi connectivity index (χ2n) is 8.61. The summed E-state index contributed by atoms with van der Waals surface area (Å²) in [6, 6.07) is 17.2. The number of hydrogen-bond donors (Lipinski definition) is 1. The highest BCUT2D eigenvalue weighted by molar-refractivity contribution is 5.95. The van der Waals surface area contributed by atoms with Crippen molar-refractivity contribution in [2.75, 3.05) is 38.0 Å². The van der Waals surface area contributed by atoms with Crippen LogP contribution in [0.3, 0.4) is 0 Å². The molecule has 0 aliphatic carbocycles. The van der Waals surface area contributed by atoms with E-state index in [1.54, 1.807) is 24.3 Å². The number of piperazine rings is 1. The zero-order chi connectivity index (χ0) is 22.3. The zero-order valence-electron chi connectivity index (χ0n) is 18.5. The molecule has 6 heteroatoms. The summed E-state index contributed by atoms with van der Waals surface area (Å²) in [5, 5.41) is 2.68. The SMILES string of the molecule is CC(C)(C)OC(=O)Nc1ccc(C(=O)N2CCN(CC=Cc3ccccc3)CC2)cc1. The number of nitrogens with one attached hydrogen (secondary N) is 1. The fraction of sp³-hybridized carbons (Fsp3) is 0.360. The van der Waals surface area contributed by atoms with Crippen molar-refractivity contribution < 1.29 is 14.3 Å². The van der Waals surface area contributed by atoms with Crippen LogP contribution in [0.5, 0.6) is 0 Å². The van der Waals surface area contributed by atoms with E-state index in [4.69, 9.17) is 4.74 Å². The molecule has 164 valence electrons. The second-order valence-corrected chi connectivity index (χ2v) is 8.61. The Labute approximate surface area is 184 Å². The number of carbonyl (C=O) groups is 2. The van der Waals surface area contributed by atoms with Gasteiger partial charge in [0, 0.05) is 44.0 Å². The summed E-state index contributed by atoms with van der Waals surface area (Å²) >= 11 is 0. The number of anilines is 1. The van der Waals surface area contributed by atoms with Crippen molar-refractivity contribution in [3.63, 3.8) is 0 Å². The lowest BCUT2D eigenvalue weighted by molar-refractivity contribution is 0.0633. The molecule has 6 nitrogen and oxygen atoms in total. The molecule has 0 aromatic heterocycles. The van der Waals surface area contributed by atoms with Crippen LogP contribution in [0.25, 0.3) is 6.08 Å². The van der Waals surface area contributed by atoms with Crippen molar-refractivity contribution in [1.82, 2.24) is 9.80 Å². The summed E-state index contributed by atoms with van der Waals surface area (Å²) in [7, 11) is 0. The highest BCUT2D eigenvalue weighted by Crippen LogP contribution is 2.15. The lowest BCUT2D eigenvalue weighted by atomic mass is 10.1. The first-order valence-electron chi connectivity index (χ1n) is 10.6. The van der Waals surface area contributed by atoms with Crippen LogP contribution >= 0.6 is 0 Å². The van der Waals surface area contributed by atoms with Crippen molar-refractivity contribution in [3.05, 3.63) is 71.8 Å². The predicted octanol–water partition coefficient (Wildman–Crippen LogP) is 4.50. The Morgan fingerprint density at radius 1 is 0.968 bits per heavy atom. The van der Waals surface area contributed by atoms with Gasteiger partial charge in [0.2, 0.25) is 0 Å². The summed E-state index contributed by atoms with van der Waals surface area (Å²) in [5.41, 5.74) is 1.85. The normalized spacial score (nSPS) is 15.1. The van der Waals surface area contributed by atoms with Gasteiger partial charge in [0.25, 0.3) is 5.91 Å². The first-order valence-corrected chi connectivity index (χ1v) is 10.6. The van der Waals surface area contributed by atoms with Crippen LogP contribution in [-0.2, 0) is 4.74 Å². The monoisotopic (exact) mass is 421 g/mol. The molecule has 2 aromatic rings. The summed E-state index contributed by atoms with van der Waals surface area (Å²) in [6.45, 7) is 9.43. The fourth-order valence-electron chi connectivity index (χ4n) is 3.34. The Bertz CT molecular complexity index is 894. The molecule has 0 bridgehead atoms. The molecule has 1 aliphatic rings. The molecular formula is C25H31N3O3. The predicted molar refractivity (Wildman–Crippen MR) is 124 cm³/mol. The van der Waals surface area contributed by atoms with E-state index >= 15 is 0 Å². The van der Waals surface area contributed by atoms with Gasteiger partial charge >= 0.3 is 6.09 Å². The van der Waals surface area contributed by atoms with Gasteiger partial charge in [-0.15, -0.1) is 0 Å². The molecule has 1 saturated heterocycles. The van der Waals surface area contributed by atoms with Crippen LogP contribution in [-0.4, -0.2) is 60.1 Å². The maximum absolute atomic E-state index is 12.8. The molecule has 0 saturated carbocycles. The Hall–Kier alpha value is -3.12. The van der Waals surface area contributed by atoms with Gasteiger partial charge in [0.15, 0.2) is 0 Å². The number of carbonyl (C=O) groups excluding carboxylic acids is 2. The van der Waals surface area contributed by atoms with Gasteiger partial charge in [-0.1, -0.05) is 42.5 Å². The molecule has 2 aromatic carbocycles. The topological polar surface area (TPSA) is 61.9 Å². The summed E-state index contributed by atoms with van der Waals surface area (Å²) in [4.78, 5) is 28.9. The Kier molecular flexibility index (Phi) is 7.47. The number of amides is 2. The molecule has 0 spiro atoms. The number of ether oxygens (including phenoxy) is 1. The first-order chi connectivity index (χ1) is 14.8. The average molecular weight is 422 g/mol. The number of benzene rings is 2. The smallest absolute Gasteiger partial charge is 0.412 e. The van der Waals surface area contributed by atoms with Crippen molar-refractivity contribution in [1.29, 1.82) is 0 Å². The van der Waals surface area contributed by atoms with Crippen LogP contribution in [0.1, 0.15) is 36.7 Å². The molecule has 0 unspecified atom stereocenters. The highest BCUT2D eigenvalue weighted by atomic mass is 16.6. The molecule has 3 rings (SSSR count). The fourth-order valence-corrected chi connectivity index (χ4v) is 3.34. The van der Waals surface area contributed by atoms with Gasteiger partial charge in [0.1, 0.15) is 5.60 Å². The van der Waals surface area contributed by atoms with E-state index in [-0.39, 0.29) is 5.91 Å². The molecular weight excluding hydrogens is 390 g/mol. The van der Waals surface area contributed by atoms with Crippen molar-refractivity contribution in [2.24, 2.45) is 0 Å². The van der Waals surface area contributed by atoms with Gasteiger partial charge in [-0.05, 0) is 50.6 Å². The highest BCUT2D eigenvalue weighted by Gasteiger charge is 2.22. The van der Waals surface area contributed by atoms with Crippen LogP contribution in [0.2, 0.25) is 0 Å². The van der Waals surface area contributed by atoms with Crippen molar-refractivity contribution in [2.45, 2.75) is 26.4 Å². The van der Waals surface area contributed by atoms with E-state index in [9.17, 15) is 9.59 Å². The zero-order valence-corrected chi connectivity index (χ0v) is 18.5. The van der Waals surface area contributed by atoms with E-state index in [1.807, 2.05) is 43.9 Å². The van der Waals surface area contributed by atoms with Crippen molar-refractivity contribution in [3.8, 4) is 0 Å². The van der Waals surface area contributed by atoms with E-state index in [1.165, 1.54) is 5.56 Å². The third kappa shape index (κ3) is 7.26. The lowest BCUT2D eigenvalue weighted by Crippen LogP contribution is -2.48. The number of nitrogens with zero attached hydrogens (tertiary/aromatic N) is 2. The average Bonchev–Trinajstić information content (AvgIpc) is 2.74. The van der Waals surface area contributed by atoms with Crippen LogP contribution in [0, 0.1) is 0 Å². The lowest BCUT2D eigenvalue weighted by Gasteiger charge is -2.34. The van der Waals surface area contributed by atoms with Gasteiger partial charge in [-0.3, -0.25) is 15.0 Å². The molecule has 1 heterocycles. The number of hydrogen-bond acceptors (Lipinski definition) is 4. The summed E-state index contributed by atoms with van der Waals surface area (Å²) < 4.78 is 5.24. The Morgan fingerprint density at radius 2 is 1.61 bits per heavy atom. The minimum absolute atomic E-state index is 0.0169. The van der Waals surface area contributed by atoms with Gasteiger partial charge in [-0.2, -0.15) is 0 Å². The van der Waals surface area contributed by atoms with E-state index < -0.39 is 11.7 Å². The third-order valence-corrected chi connectivity index (χ3v) is 4.91. The van der Waals surface area contributed by atoms with Gasteiger partial charge in [0.05, 0.1) is 0 Å². The maximum atomic E-state index is 12.8. The molecule has 1 N–H and O–H groups in total. The summed E-state index contributed by atoms with van der Waals surface area (Å²) in [5.74, 6) is 0.0169. The minimum atomic E-state index is -0.556. The summed E-state index contributed by atoms with van der Waals surface area (Å²) in [6.07, 6.45) is 3.79. The largest absolute Gasteiger partial charge is 0.444 e. The van der Waals surface area contributed by atoms with Crippen LogP contribution in [0.4, 0.5) is 10.5 Å². The molecule has 0 atom stereocenters. The van der Waals surface area contributed by atoms with E-state index in [2.05, 4.69) is 34.5 Å². The van der Waals surface area contributed by atoms with E-state index in [0.29, 0.717) is 24.3 Å².